The predicted molar refractivity (Wildman–Crippen MR) is 92.2 cm³/mol. The number of rotatable bonds is 3. The molecule has 4 nitrogen and oxygen atoms in total. The van der Waals surface area contributed by atoms with Gasteiger partial charge in [-0.25, -0.2) is 0 Å². The fourth-order valence-electron chi connectivity index (χ4n) is 5.97. The Morgan fingerprint density at radius 2 is 2.00 bits per heavy atom. The zero-order valence-electron chi connectivity index (χ0n) is 15.3. The number of ketones is 2. The van der Waals surface area contributed by atoms with E-state index >= 15 is 0 Å². The molecular weight excluding hydrogens is 302 g/mol. The van der Waals surface area contributed by atoms with Crippen molar-refractivity contribution in [1.29, 1.82) is 0 Å². The van der Waals surface area contributed by atoms with Crippen LogP contribution in [0.15, 0.2) is 12.7 Å². The van der Waals surface area contributed by atoms with Crippen molar-refractivity contribution in [2.75, 3.05) is 7.05 Å². The van der Waals surface area contributed by atoms with Crippen LogP contribution in [0.1, 0.15) is 52.9 Å². The van der Waals surface area contributed by atoms with Crippen LogP contribution in [0.3, 0.4) is 0 Å². The second-order valence-electron chi connectivity index (χ2n) is 8.46. The first kappa shape index (κ1) is 17.4. The van der Waals surface area contributed by atoms with E-state index in [4.69, 9.17) is 0 Å². The van der Waals surface area contributed by atoms with E-state index in [1.807, 2.05) is 32.7 Å². The number of allylic oxidation sites excluding steroid dienone is 1. The number of Topliss-reactive ketones (excluding diaryl/α,β-unsaturated/α-hetero) is 2. The number of hydrogen-bond acceptors (Lipinski definition) is 3. The summed E-state index contributed by atoms with van der Waals surface area (Å²) in [4.78, 5) is 41.7. The van der Waals surface area contributed by atoms with Crippen LogP contribution in [0.25, 0.3) is 0 Å². The molecule has 3 rings (SSSR count). The van der Waals surface area contributed by atoms with Crippen LogP contribution in [-0.2, 0) is 14.4 Å². The zero-order valence-corrected chi connectivity index (χ0v) is 15.3. The van der Waals surface area contributed by atoms with Gasteiger partial charge in [0, 0.05) is 36.8 Å². The Kier molecular flexibility index (Phi) is 4.01. The van der Waals surface area contributed by atoms with Gasteiger partial charge in [0.1, 0.15) is 5.78 Å². The minimum atomic E-state index is -1.08. The van der Waals surface area contributed by atoms with Gasteiger partial charge in [-0.05, 0) is 31.6 Å². The Labute approximate surface area is 144 Å². The molecule has 0 unspecified atom stereocenters. The molecule has 0 bridgehead atoms. The van der Waals surface area contributed by atoms with E-state index in [1.54, 1.807) is 6.08 Å². The van der Waals surface area contributed by atoms with Crippen molar-refractivity contribution in [3.05, 3.63) is 12.7 Å². The molecule has 1 heterocycles. The summed E-state index contributed by atoms with van der Waals surface area (Å²) in [5.74, 6) is -0.00720. The summed E-state index contributed by atoms with van der Waals surface area (Å²) in [5, 5.41) is 0. The molecule has 24 heavy (non-hydrogen) atoms. The third-order valence-corrected chi connectivity index (χ3v) is 7.31. The van der Waals surface area contributed by atoms with Gasteiger partial charge in [0.05, 0.1) is 5.41 Å². The molecule has 3 fully saturated rings. The lowest BCUT2D eigenvalue weighted by Crippen LogP contribution is -2.64. The second kappa shape index (κ2) is 5.53. The van der Waals surface area contributed by atoms with Crippen molar-refractivity contribution in [2.24, 2.45) is 28.6 Å². The fraction of sp³-hybridized carbons (Fsp3) is 0.750. The molecular formula is C20H29NO3. The summed E-state index contributed by atoms with van der Waals surface area (Å²) < 4.78 is 0. The molecule has 132 valence electrons. The molecule has 0 radical (unpaired) electrons. The lowest BCUT2D eigenvalue weighted by Gasteiger charge is -2.55. The van der Waals surface area contributed by atoms with Gasteiger partial charge in [0.2, 0.25) is 5.91 Å². The van der Waals surface area contributed by atoms with Crippen LogP contribution in [0.2, 0.25) is 0 Å². The Morgan fingerprint density at radius 1 is 1.33 bits per heavy atom. The summed E-state index contributed by atoms with van der Waals surface area (Å²) in [6.07, 6.45) is 4.56. The topological polar surface area (TPSA) is 54.5 Å². The van der Waals surface area contributed by atoms with Crippen molar-refractivity contribution in [2.45, 2.75) is 58.9 Å². The molecule has 0 N–H and O–H groups in total. The molecule has 0 aromatic rings. The maximum absolute atomic E-state index is 13.6. The first-order valence-corrected chi connectivity index (χ1v) is 9.18. The standard InChI is InChI=1S/C20H29NO3/c1-6-10-20-16(22)9-7-8-14-18(24)21(5)15(19(14,20)4)11-13(12(2)3)17(20)23/h6,12-15H,1,7-11H2,2-5H3/t13-,14-,15-,19-,20+/m1/s1. The summed E-state index contributed by atoms with van der Waals surface area (Å²) in [5.41, 5.74) is -1.68. The highest BCUT2D eigenvalue weighted by atomic mass is 16.2. The van der Waals surface area contributed by atoms with Gasteiger partial charge < -0.3 is 4.90 Å². The maximum Gasteiger partial charge on any atom is 0.226 e. The molecule has 0 aromatic heterocycles. The summed E-state index contributed by atoms with van der Waals surface area (Å²) in [6, 6.07) is -0.0397. The third-order valence-electron chi connectivity index (χ3n) is 7.31. The minimum Gasteiger partial charge on any atom is -0.342 e. The van der Waals surface area contributed by atoms with Crippen LogP contribution >= 0.6 is 0 Å². The molecule has 0 spiro atoms. The average Bonchev–Trinajstić information content (AvgIpc) is 2.63. The van der Waals surface area contributed by atoms with E-state index in [0.717, 1.165) is 0 Å². The number of hydrogen-bond donors (Lipinski definition) is 0. The molecule has 5 atom stereocenters. The molecule has 2 aliphatic carbocycles. The van der Waals surface area contributed by atoms with Gasteiger partial charge in [-0.3, -0.25) is 14.4 Å². The smallest absolute Gasteiger partial charge is 0.226 e. The Hall–Kier alpha value is -1.45. The van der Waals surface area contributed by atoms with Crippen molar-refractivity contribution < 1.29 is 14.4 Å². The number of amides is 1. The lowest BCUT2D eigenvalue weighted by molar-refractivity contribution is -0.164. The van der Waals surface area contributed by atoms with E-state index < -0.39 is 10.8 Å². The molecule has 3 aliphatic rings. The van der Waals surface area contributed by atoms with Crippen LogP contribution in [-0.4, -0.2) is 35.5 Å². The van der Waals surface area contributed by atoms with E-state index in [-0.39, 0.29) is 41.3 Å². The third kappa shape index (κ3) is 1.83. The zero-order chi connectivity index (χ0) is 17.9. The summed E-state index contributed by atoms with van der Waals surface area (Å²) in [7, 11) is 1.85. The van der Waals surface area contributed by atoms with Crippen LogP contribution in [0, 0.1) is 28.6 Å². The summed E-state index contributed by atoms with van der Waals surface area (Å²) >= 11 is 0. The van der Waals surface area contributed by atoms with E-state index in [2.05, 4.69) is 6.58 Å². The first-order chi connectivity index (χ1) is 11.2. The van der Waals surface area contributed by atoms with Crippen molar-refractivity contribution in [3.63, 3.8) is 0 Å². The van der Waals surface area contributed by atoms with Crippen LogP contribution in [0.4, 0.5) is 0 Å². The van der Waals surface area contributed by atoms with Gasteiger partial charge in [0.25, 0.3) is 0 Å². The Balaban J connectivity index is 2.28. The Morgan fingerprint density at radius 3 is 2.58 bits per heavy atom. The highest BCUT2D eigenvalue weighted by Crippen LogP contribution is 2.64. The second-order valence-corrected chi connectivity index (χ2v) is 8.46. The van der Waals surface area contributed by atoms with E-state index in [0.29, 0.717) is 32.1 Å². The lowest BCUT2D eigenvalue weighted by atomic mass is 9.46. The Bertz CT molecular complexity index is 610. The fourth-order valence-corrected chi connectivity index (χ4v) is 5.97. The van der Waals surface area contributed by atoms with E-state index in [9.17, 15) is 14.4 Å². The quantitative estimate of drug-likeness (QED) is 0.590. The van der Waals surface area contributed by atoms with Crippen molar-refractivity contribution in [1.82, 2.24) is 4.90 Å². The average molecular weight is 331 g/mol. The largest absolute Gasteiger partial charge is 0.342 e. The van der Waals surface area contributed by atoms with Gasteiger partial charge >= 0.3 is 0 Å². The molecule has 4 heteroatoms. The van der Waals surface area contributed by atoms with Crippen molar-refractivity contribution in [3.8, 4) is 0 Å². The molecule has 1 aliphatic heterocycles. The molecule has 0 aromatic carbocycles. The van der Waals surface area contributed by atoms with Crippen LogP contribution in [0.5, 0.6) is 0 Å². The van der Waals surface area contributed by atoms with Gasteiger partial charge in [-0.1, -0.05) is 26.8 Å². The van der Waals surface area contributed by atoms with Gasteiger partial charge in [-0.2, -0.15) is 0 Å². The van der Waals surface area contributed by atoms with Crippen LogP contribution < -0.4 is 0 Å². The SMILES string of the molecule is C=CC[C@]12C(=O)CCC[C@@H]3C(=O)N(C)[C@H](C[C@H](C(C)C)C1=O)[C@@]32C. The number of likely N-dealkylation sites (tertiary alicyclic amines) is 1. The first-order valence-electron chi connectivity index (χ1n) is 9.18. The number of carbonyl (C=O) groups excluding carboxylic acids is 3. The predicted octanol–water partition coefficient (Wildman–Crippen LogP) is 3.01. The normalized spacial score (nSPS) is 42.3. The number of carbonyl (C=O) groups is 3. The van der Waals surface area contributed by atoms with E-state index in [1.165, 1.54) is 0 Å². The maximum atomic E-state index is 13.6. The molecule has 1 saturated heterocycles. The minimum absolute atomic E-state index is 0.0378. The number of nitrogens with zero attached hydrogens (tertiary/aromatic N) is 1. The van der Waals surface area contributed by atoms with Crippen molar-refractivity contribution >= 4 is 17.5 Å². The molecule has 1 amide bonds. The highest BCUT2D eigenvalue weighted by molar-refractivity contribution is 6.11. The monoisotopic (exact) mass is 331 g/mol. The highest BCUT2D eigenvalue weighted by Gasteiger charge is 2.73. The van der Waals surface area contributed by atoms with Gasteiger partial charge in [-0.15, -0.1) is 6.58 Å². The molecule has 2 saturated carbocycles. The summed E-state index contributed by atoms with van der Waals surface area (Å²) in [6.45, 7) is 9.97. The van der Waals surface area contributed by atoms with Gasteiger partial charge in [0.15, 0.2) is 5.78 Å².